The van der Waals surface area contributed by atoms with E-state index in [0.29, 0.717) is 0 Å². The second-order valence-corrected chi connectivity index (χ2v) is 2.10. The number of ether oxygens (including phenoxy) is 2. The van der Waals surface area contributed by atoms with Gasteiger partial charge in [-0.1, -0.05) is 0 Å². The van der Waals surface area contributed by atoms with Crippen molar-refractivity contribution in [1.82, 2.24) is 0 Å². The SMILES string of the molecule is COC(=O)CC(O)(OC)C(F)F. The van der Waals surface area contributed by atoms with Crippen LogP contribution in [0.5, 0.6) is 0 Å². The van der Waals surface area contributed by atoms with Crippen molar-refractivity contribution in [2.45, 2.75) is 18.6 Å². The third kappa shape index (κ3) is 2.71. The second-order valence-electron chi connectivity index (χ2n) is 2.10. The lowest BCUT2D eigenvalue weighted by Crippen LogP contribution is -2.41. The molecule has 1 atom stereocenters. The minimum Gasteiger partial charge on any atom is -0.469 e. The van der Waals surface area contributed by atoms with E-state index in [-0.39, 0.29) is 0 Å². The van der Waals surface area contributed by atoms with E-state index < -0.39 is 24.6 Å². The maximum atomic E-state index is 12.0. The maximum absolute atomic E-state index is 12.0. The number of esters is 1. The molecule has 0 amide bonds. The predicted octanol–water partition coefficient (Wildman–Crippen LogP) is 0.150. The van der Waals surface area contributed by atoms with E-state index in [0.717, 1.165) is 14.2 Å². The summed E-state index contributed by atoms with van der Waals surface area (Å²) in [5.74, 6) is -3.70. The zero-order chi connectivity index (χ0) is 9.78. The first-order valence-electron chi connectivity index (χ1n) is 3.08. The molecule has 4 nitrogen and oxygen atoms in total. The second kappa shape index (κ2) is 4.32. The first kappa shape index (κ1) is 11.2. The molecule has 6 heteroatoms. The van der Waals surface area contributed by atoms with Crippen LogP contribution in [0.4, 0.5) is 8.78 Å². The molecule has 0 aromatic rings. The van der Waals surface area contributed by atoms with Crippen molar-refractivity contribution in [2.75, 3.05) is 14.2 Å². The first-order valence-corrected chi connectivity index (χ1v) is 3.08. The number of halogens is 2. The Hall–Kier alpha value is -0.750. The average molecular weight is 184 g/mol. The van der Waals surface area contributed by atoms with Crippen molar-refractivity contribution in [2.24, 2.45) is 0 Å². The van der Waals surface area contributed by atoms with Crippen molar-refractivity contribution in [3.8, 4) is 0 Å². The van der Waals surface area contributed by atoms with E-state index in [1.807, 2.05) is 0 Å². The Bertz CT molecular complexity index is 162. The van der Waals surface area contributed by atoms with Gasteiger partial charge >= 0.3 is 5.97 Å². The molecule has 0 radical (unpaired) electrons. The van der Waals surface area contributed by atoms with Gasteiger partial charge in [-0.05, 0) is 0 Å². The molecular weight excluding hydrogens is 174 g/mol. The molecule has 1 N–H and O–H groups in total. The van der Waals surface area contributed by atoms with Crippen LogP contribution < -0.4 is 0 Å². The van der Waals surface area contributed by atoms with Crippen LogP contribution in [0.25, 0.3) is 0 Å². The summed E-state index contributed by atoms with van der Waals surface area (Å²) in [5.41, 5.74) is 0. The van der Waals surface area contributed by atoms with Crippen LogP contribution in [-0.2, 0) is 14.3 Å². The molecule has 0 spiro atoms. The highest BCUT2D eigenvalue weighted by molar-refractivity contribution is 5.70. The highest BCUT2D eigenvalue weighted by atomic mass is 19.3. The number of rotatable bonds is 4. The zero-order valence-electron chi connectivity index (χ0n) is 6.71. The Labute approximate surface area is 68.1 Å². The molecular formula is C6H10F2O4. The van der Waals surface area contributed by atoms with Crippen molar-refractivity contribution in [1.29, 1.82) is 0 Å². The fourth-order valence-electron chi connectivity index (χ4n) is 0.517. The number of hydrogen-bond acceptors (Lipinski definition) is 4. The van der Waals surface area contributed by atoms with Gasteiger partial charge in [0.1, 0.15) is 6.42 Å². The summed E-state index contributed by atoms with van der Waals surface area (Å²) in [6.07, 6.45) is -4.04. The van der Waals surface area contributed by atoms with Crippen molar-refractivity contribution < 1.29 is 28.2 Å². The Kier molecular flexibility index (Phi) is 4.05. The third-order valence-electron chi connectivity index (χ3n) is 1.32. The van der Waals surface area contributed by atoms with E-state index in [1.165, 1.54) is 0 Å². The number of alkyl halides is 2. The smallest absolute Gasteiger partial charge is 0.311 e. The summed E-state index contributed by atoms with van der Waals surface area (Å²) in [4.78, 5) is 10.5. The van der Waals surface area contributed by atoms with Gasteiger partial charge in [0.05, 0.1) is 7.11 Å². The van der Waals surface area contributed by atoms with Gasteiger partial charge in [0, 0.05) is 7.11 Å². The van der Waals surface area contributed by atoms with Crippen molar-refractivity contribution in [3.63, 3.8) is 0 Å². The van der Waals surface area contributed by atoms with Gasteiger partial charge in [0.2, 0.25) is 5.79 Å². The maximum Gasteiger partial charge on any atom is 0.311 e. The van der Waals surface area contributed by atoms with E-state index in [2.05, 4.69) is 9.47 Å². The molecule has 12 heavy (non-hydrogen) atoms. The van der Waals surface area contributed by atoms with Gasteiger partial charge in [-0.25, -0.2) is 8.78 Å². The summed E-state index contributed by atoms with van der Waals surface area (Å²) in [6.45, 7) is 0. The summed E-state index contributed by atoms with van der Waals surface area (Å²) in [5, 5.41) is 8.93. The molecule has 0 aromatic carbocycles. The third-order valence-corrected chi connectivity index (χ3v) is 1.32. The molecule has 0 aromatic heterocycles. The largest absolute Gasteiger partial charge is 0.469 e. The highest BCUT2D eigenvalue weighted by Gasteiger charge is 2.40. The highest BCUT2D eigenvalue weighted by Crippen LogP contribution is 2.20. The van der Waals surface area contributed by atoms with Gasteiger partial charge in [0.15, 0.2) is 0 Å². The first-order chi connectivity index (χ1) is 5.46. The van der Waals surface area contributed by atoms with Crippen LogP contribution in [0.15, 0.2) is 0 Å². The lowest BCUT2D eigenvalue weighted by atomic mass is 10.2. The van der Waals surface area contributed by atoms with Crippen LogP contribution >= 0.6 is 0 Å². The normalized spacial score (nSPS) is 15.8. The van der Waals surface area contributed by atoms with Crippen LogP contribution in [-0.4, -0.2) is 37.5 Å². The molecule has 0 aliphatic carbocycles. The lowest BCUT2D eigenvalue weighted by Gasteiger charge is -2.23. The molecule has 0 aliphatic rings. The summed E-state index contributed by atoms with van der Waals surface area (Å²) in [6, 6.07) is 0. The Balaban J connectivity index is 4.23. The predicted molar refractivity (Wildman–Crippen MR) is 34.6 cm³/mol. The summed E-state index contributed by atoms with van der Waals surface area (Å²) < 4.78 is 32.2. The Morgan fingerprint density at radius 3 is 2.33 bits per heavy atom. The number of aliphatic hydroxyl groups is 1. The molecule has 0 fully saturated rings. The number of hydrogen-bond donors (Lipinski definition) is 1. The fraction of sp³-hybridized carbons (Fsp3) is 0.833. The van der Waals surface area contributed by atoms with Crippen LogP contribution in [0.2, 0.25) is 0 Å². The zero-order valence-corrected chi connectivity index (χ0v) is 6.71. The van der Waals surface area contributed by atoms with E-state index in [1.54, 1.807) is 0 Å². The lowest BCUT2D eigenvalue weighted by molar-refractivity contribution is -0.259. The number of carbonyl (C=O) groups excluding carboxylic acids is 1. The topological polar surface area (TPSA) is 55.8 Å². The van der Waals surface area contributed by atoms with Gasteiger partial charge in [-0.2, -0.15) is 0 Å². The van der Waals surface area contributed by atoms with E-state index in [9.17, 15) is 13.6 Å². The number of carbonyl (C=O) groups is 1. The van der Waals surface area contributed by atoms with Gasteiger partial charge in [-0.3, -0.25) is 4.79 Å². The minimum absolute atomic E-state index is 0.884. The average Bonchev–Trinajstić information content (AvgIpc) is 2.03. The van der Waals surface area contributed by atoms with Crippen LogP contribution in [0, 0.1) is 0 Å². The fourth-order valence-corrected chi connectivity index (χ4v) is 0.517. The van der Waals surface area contributed by atoms with Crippen LogP contribution in [0.1, 0.15) is 6.42 Å². The Morgan fingerprint density at radius 1 is 1.58 bits per heavy atom. The molecule has 1 unspecified atom stereocenters. The molecule has 0 aliphatic heterocycles. The molecule has 0 bridgehead atoms. The van der Waals surface area contributed by atoms with E-state index in [4.69, 9.17) is 5.11 Å². The molecule has 0 saturated carbocycles. The monoisotopic (exact) mass is 184 g/mol. The standard InChI is InChI=1S/C6H10F2O4/c1-11-4(9)3-6(10,12-2)5(7)8/h5,10H,3H2,1-2H3. The summed E-state index contributed by atoms with van der Waals surface area (Å²) in [7, 11) is 1.92. The van der Waals surface area contributed by atoms with Crippen molar-refractivity contribution in [3.05, 3.63) is 0 Å². The minimum atomic E-state index is -3.15. The molecule has 0 heterocycles. The van der Waals surface area contributed by atoms with Crippen molar-refractivity contribution >= 4 is 5.97 Å². The quantitative estimate of drug-likeness (QED) is 0.499. The van der Waals surface area contributed by atoms with Crippen LogP contribution in [0.3, 0.4) is 0 Å². The van der Waals surface area contributed by atoms with E-state index >= 15 is 0 Å². The molecule has 0 saturated heterocycles. The molecule has 0 rings (SSSR count). The number of methoxy groups -OCH3 is 2. The summed E-state index contributed by atoms with van der Waals surface area (Å²) >= 11 is 0. The Morgan fingerprint density at radius 2 is 2.08 bits per heavy atom. The molecule has 72 valence electrons. The van der Waals surface area contributed by atoms with Gasteiger partial charge in [0.25, 0.3) is 6.43 Å². The van der Waals surface area contributed by atoms with Gasteiger partial charge in [-0.15, -0.1) is 0 Å². The van der Waals surface area contributed by atoms with Gasteiger partial charge < -0.3 is 14.6 Å².